The fraction of sp³-hybridized carbons (Fsp3) is 0.522. The maximum Gasteiger partial charge on any atom is 0.161 e. The number of benzene rings is 1. The van der Waals surface area contributed by atoms with Gasteiger partial charge in [0.25, 0.3) is 0 Å². The summed E-state index contributed by atoms with van der Waals surface area (Å²) < 4.78 is 24.4. The van der Waals surface area contributed by atoms with E-state index in [0.717, 1.165) is 24.3 Å². The van der Waals surface area contributed by atoms with E-state index >= 15 is 0 Å². The van der Waals surface area contributed by atoms with Crippen LogP contribution in [0, 0.1) is 5.82 Å². The zero-order valence-electron chi connectivity index (χ0n) is 18.6. The lowest BCUT2D eigenvalue weighted by Gasteiger charge is -2.24. The molecule has 0 bridgehead atoms. The fourth-order valence-corrected chi connectivity index (χ4v) is 3.69. The van der Waals surface area contributed by atoms with E-state index < -0.39 is 5.60 Å². The molecule has 0 radical (unpaired) electrons. The van der Waals surface area contributed by atoms with Gasteiger partial charge in [-0.25, -0.2) is 9.37 Å². The number of hydrogen-bond donors (Lipinski definition) is 2. The smallest absolute Gasteiger partial charge is 0.161 e. The second kappa shape index (κ2) is 10.7. The van der Waals surface area contributed by atoms with Crippen LogP contribution in [0.25, 0.3) is 0 Å². The van der Waals surface area contributed by atoms with Gasteiger partial charge in [0, 0.05) is 32.7 Å². The maximum atomic E-state index is 13.1. The molecule has 1 fully saturated rings. The Hall–Kier alpha value is -2.42. The summed E-state index contributed by atoms with van der Waals surface area (Å²) >= 11 is 0. The molecule has 8 heteroatoms. The number of rotatable bonds is 11. The van der Waals surface area contributed by atoms with Crippen molar-refractivity contribution in [1.82, 2.24) is 15.2 Å². The minimum Gasteiger partial charge on any atom is -0.493 e. The Labute approximate surface area is 183 Å². The van der Waals surface area contributed by atoms with E-state index in [1.54, 1.807) is 13.2 Å². The third-order valence-corrected chi connectivity index (χ3v) is 5.39. The first-order valence-corrected chi connectivity index (χ1v) is 10.6. The van der Waals surface area contributed by atoms with Crippen molar-refractivity contribution in [2.24, 2.45) is 0 Å². The number of nitrogens with zero attached hydrogens (tertiary/aromatic N) is 3. The Morgan fingerprint density at radius 2 is 2.10 bits per heavy atom. The van der Waals surface area contributed by atoms with Crippen molar-refractivity contribution in [1.29, 1.82) is 0 Å². The second-order valence-electron chi connectivity index (χ2n) is 8.32. The molecule has 0 saturated carbocycles. The number of aliphatic hydroxyl groups is 1. The summed E-state index contributed by atoms with van der Waals surface area (Å²) in [5.74, 6) is 1.77. The summed E-state index contributed by atoms with van der Waals surface area (Å²) in [5.41, 5.74) is 0.200. The number of pyridine rings is 1. The van der Waals surface area contributed by atoms with Crippen LogP contribution in [0.15, 0.2) is 36.5 Å². The van der Waals surface area contributed by atoms with Gasteiger partial charge in [0.15, 0.2) is 11.5 Å². The largest absolute Gasteiger partial charge is 0.493 e. The standard InChI is InChI=1S/C23H33FN4O3/c1-27(2)10-4-12-31-20-7-5-18(13-21(20)30-3)14-25-16-23(29)9-11-28(17-23)22-8-6-19(24)15-26-22/h5-8,13,15,25,29H,4,9-12,14,16-17H2,1-3H3/t23-/m0/s1. The number of aromatic nitrogens is 1. The van der Waals surface area contributed by atoms with Crippen molar-refractivity contribution < 1.29 is 19.0 Å². The first-order valence-electron chi connectivity index (χ1n) is 10.6. The Balaban J connectivity index is 1.48. The number of methoxy groups -OCH3 is 1. The third kappa shape index (κ3) is 6.78. The zero-order valence-corrected chi connectivity index (χ0v) is 18.6. The molecular formula is C23H33FN4O3. The van der Waals surface area contributed by atoms with Crippen molar-refractivity contribution in [3.05, 3.63) is 47.9 Å². The lowest BCUT2D eigenvalue weighted by Crippen LogP contribution is -2.43. The van der Waals surface area contributed by atoms with Gasteiger partial charge in [-0.15, -0.1) is 0 Å². The summed E-state index contributed by atoms with van der Waals surface area (Å²) in [7, 11) is 5.72. The summed E-state index contributed by atoms with van der Waals surface area (Å²) in [6, 6.07) is 8.93. The molecule has 1 aliphatic rings. The predicted molar refractivity (Wildman–Crippen MR) is 119 cm³/mol. The van der Waals surface area contributed by atoms with E-state index in [1.165, 1.54) is 12.3 Å². The van der Waals surface area contributed by atoms with Crippen LogP contribution in [-0.2, 0) is 6.54 Å². The number of anilines is 1. The predicted octanol–water partition coefficient (Wildman–Crippen LogP) is 2.29. The summed E-state index contributed by atoms with van der Waals surface area (Å²) in [6.07, 6.45) is 2.78. The SMILES string of the molecule is COc1cc(CNC[C@@]2(O)CCN(c3ccc(F)cn3)C2)ccc1OCCCN(C)C. The number of halogens is 1. The molecule has 2 heterocycles. The van der Waals surface area contributed by atoms with Crippen molar-refractivity contribution in [3.8, 4) is 11.5 Å². The van der Waals surface area contributed by atoms with E-state index in [1.807, 2.05) is 37.2 Å². The van der Waals surface area contributed by atoms with Gasteiger partial charge in [-0.05, 0) is 56.8 Å². The lowest BCUT2D eigenvalue weighted by molar-refractivity contribution is 0.0626. The van der Waals surface area contributed by atoms with Crippen molar-refractivity contribution in [2.45, 2.75) is 25.0 Å². The molecular weight excluding hydrogens is 399 g/mol. The quantitative estimate of drug-likeness (QED) is 0.528. The first-order chi connectivity index (χ1) is 14.9. The van der Waals surface area contributed by atoms with Gasteiger partial charge >= 0.3 is 0 Å². The highest BCUT2D eigenvalue weighted by atomic mass is 19.1. The molecule has 170 valence electrons. The average molecular weight is 433 g/mol. The molecule has 0 spiro atoms. The van der Waals surface area contributed by atoms with Gasteiger partial charge in [0.1, 0.15) is 11.6 Å². The normalized spacial score (nSPS) is 18.6. The Morgan fingerprint density at radius 3 is 2.81 bits per heavy atom. The number of ether oxygens (including phenoxy) is 2. The zero-order chi connectivity index (χ0) is 22.3. The summed E-state index contributed by atoms with van der Waals surface area (Å²) in [6.45, 7) is 3.82. The summed E-state index contributed by atoms with van der Waals surface area (Å²) in [5, 5.41) is 14.2. The molecule has 1 atom stereocenters. The van der Waals surface area contributed by atoms with Crippen LogP contribution in [0.2, 0.25) is 0 Å². The van der Waals surface area contributed by atoms with Crippen LogP contribution in [0.5, 0.6) is 11.5 Å². The van der Waals surface area contributed by atoms with Crippen LogP contribution in [0.4, 0.5) is 10.2 Å². The molecule has 31 heavy (non-hydrogen) atoms. The van der Waals surface area contributed by atoms with E-state index in [0.29, 0.717) is 50.8 Å². The Bertz CT molecular complexity index is 834. The van der Waals surface area contributed by atoms with Gasteiger partial charge in [-0.3, -0.25) is 0 Å². The third-order valence-electron chi connectivity index (χ3n) is 5.39. The van der Waals surface area contributed by atoms with Crippen LogP contribution in [0.1, 0.15) is 18.4 Å². The van der Waals surface area contributed by atoms with E-state index in [-0.39, 0.29) is 5.82 Å². The number of β-amino-alcohol motifs (C(OH)–C–C–N with tert-alkyl or cyclic N) is 1. The van der Waals surface area contributed by atoms with E-state index in [2.05, 4.69) is 15.2 Å². The van der Waals surface area contributed by atoms with E-state index in [4.69, 9.17) is 9.47 Å². The molecule has 0 aliphatic carbocycles. The highest BCUT2D eigenvalue weighted by molar-refractivity contribution is 5.43. The first kappa shape index (κ1) is 23.2. The van der Waals surface area contributed by atoms with Crippen LogP contribution in [0.3, 0.4) is 0 Å². The van der Waals surface area contributed by atoms with Crippen LogP contribution >= 0.6 is 0 Å². The molecule has 1 aromatic carbocycles. The van der Waals surface area contributed by atoms with Gasteiger partial charge < -0.3 is 29.7 Å². The summed E-state index contributed by atoms with van der Waals surface area (Å²) in [4.78, 5) is 8.21. The molecule has 0 amide bonds. The minimum absolute atomic E-state index is 0.361. The second-order valence-corrected chi connectivity index (χ2v) is 8.32. The molecule has 3 rings (SSSR count). The van der Waals surface area contributed by atoms with Gasteiger partial charge in [0.05, 0.1) is 25.5 Å². The molecule has 1 aliphatic heterocycles. The van der Waals surface area contributed by atoms with Crippen LogP contribution in [-0.4, -0.2) is 74.6 Å². The minimum atomic E-state index is -0.852. The molecule has 1 aromatic heterocycles. The molecule has 0 unspecified atom stereocenters. The van der Waals surface area contributed by atoms with Gasteiger partial charge in [-0.2, -0.15) is 0 Å². The Kier molecular flexibility index (Phi) is 8.06. The lowest BCUT2D eigenvalue weighted by atomic mass is 10.0. The van der Waals surface area contributed by atoms with Crippen molar-refractivity contribution >= 4 is 5.82 Å². The highest BCUT2D eigenvalue weighted by Gasteiger charge is 2.36. The monoisotopic (exact) mass is 432 g/mol. The maximum absolute atomic E-state index is 13.1. The topological polar surface area (TPSA) is 70.1 Å². The highest BCUT2D eigenvalue weighted by Crippen LogP contribution is 2.29. The van der Waals surface area contributed by atoms with Crippen molar-refractivity contribution in [3.63, 3.8) is 0 Å². The number of hydrogen-bond acceptors (Lipinski definition) is 7. The fourth-order valence-electron chi connectivity index (χ4n) is 3.69. The Morgan fingerprint density at radius 1 is 1.26 bits per heavy atom. The van der Waals surface area contributed by atoms with Gasteiger partial charge in [0.2, 0.25) is 0 Å². The van der Waals surface area contributed by atoms with E-state index in [9.17, 15) is 9.50 Å². The molecule has 1 saturated heterocycles. The number of nitrogens with one attached hydrogen (secondary N) is 1. The molecule has 2 N–H and O–H groups in total. The molecule has 2 aromatic rings. The van der Waals surface area contributed by atoms with Gasteiger partial charge in [-0.1, -0.05) is 6.07 Å². The van der Waals surface area contributed by atoms with Crippen molar-refractivity contribution in [2.75, 3.05) is 58.9 Å². The molecule has 7 nitrogen and oxygen atoms in total. The average Bonchev–Trinajstić information content (AvgIpc) is 3.14. The van der Waals surface area contributed by atoms with Crippen LogP contribution < -0.4 is 19.7 Å².